The molecule has 3 heteroatoms. The molecule has 0 heterocycles. The van der Waals surface area contributed by atoms with E-state index in [0.717, 1.165) is 12.8 Å². The Kier molecular flexibility index (Phi) is 2.27. The predicted octanol–water partition coefficient (Wildman–Crippen LogP) is 0.144. The van der Waals surface area contributed by atoms with E-state index < -0.39 is 0 Å². The van der Waals surface area contributed by atoms with Crippen LogP contribution in [0.25, 0.3) is 0 Å². The summed E-state index contributed by atoms with van der Waals surface area (Å²) in [7, 11) is 1.42. The van der Waals surface area contributed by atoms with Gasteiger partial charge in [-0.05, 0) is 25.3 Å². The molecule has 1 aliphatic carbocycles. The number of nitrogens with two attached hydrogens (primary N) is 1. The zero-order chi connectivity index (χ0) is 7.56. The molecule has 0 radical (unpaired) electrons. The maximum atomic E-state index is 10.9. The highest BCUT2D eigenvalue weighted by molar-refractivity contribution is 5.73. The number of hydrogen-bond donors (Lipinski definition) is 1. The predicted molar refractivity (Wildman–Crippen MR) is 37.3 cm³/mol. The zero-order valence-electron chi connectivity index (χ0n) is 6.17. The maximum Gasteiger partial charge on any atom is 0.308 e. The first-order valence-electron chi connectivity index (χ1n) is 3.57. The summed E-state index contributed by atoms with van der Waals surface area (Å²) in [4.78, 5) is 10.9. The molecular formula is C7H13NO2. The highest BCUT2D eigenvalue weighted by Gasteiger charge is 2.35. The van der Waals surface area contributed by atoms with Gasteiger partial charge < -0.3 is 10.5 Å². The van der Waals surface area contributed by atoms with E-state index in [1.54, 1.807) is 0 Å². The van der Waals surface area contributed by atoms with Crippen molar-refractivity contribution in [1.29, 1.82) is 0 Å². The van der Waals surface area contributed by atoms with Crippen molar-refractivity contribution in [3.8, 4) is 0 Å². The van der Waals surface area contributed by atoms with Gasteiger partial charge in [-0.3, -0.25) is 4.79 Å². The van der Waals surface area contributed by atoms with Crippen molar-refractivity contribution in [2.75, 3.05) is 13.7 Å². The molecule has 3 nitrogen and oxygen atoms in total. The molecule has 0 amide bonds. The summed E-state index contributed by atoms with van der Waals surface area (Å²) in [6.07, 6.45) is 2.03. The molecule has 1 aliphatic rings. The van der Waals surface area contributed by atoms with Crippen molar-refractivity contribution in [1.82, 2.24) is 0 Å². The number of esters is 1. The third kappa shape index (κ3) is 1.14. The normalized spacial score (nSPS) is 31.0. The molecule has 0 aromatic carbocycles. The first-order chi connectivity index (χ1) is 4.79. The molecule has 10 heavy (non-hydrogen) atoms. The molecule has 0 saturated heterocycles. The van der Waals surface area contributed by atoms with Crippen LogP contribution in [0.3, 0.4) is 0 Å². The zero-order valence-corrected chi connectivity index (χ0v) is 6.17. The lowest BCUT2D eigenvalue weighted by molar-refractivity contribution is -0.151. The van der Waals surface area contributed by atoms with Gasteiger partial charge in [-0.15, -0.1) is 0 Å². The molecule has 2 N–H and O–H groups in total. The third-order valence-electron chi connectivity index (χ3n) is 2.22. The van der Waals surface area contributed by atoms with Crippen LogP contribution in [0.15, 0.2) is 0 Å². The van der Waals surface area contributed by atoms with Gasteiger partial charge >= 0.3 is 5.97 Å². The van der Waals surface area contributed by atoms with Gasteiger partial charge in [-0.25, -0.2) is 0 Å². The van der Waals surface area contributed by atoms with Gasteiger partial charge in [0.05, 0.1) is 13.0 Å². The summed E-state index contributed by atoms with van der Waals surface area (Å²) in [5, 5.41) is 0. The molecule has 0 unspecified atom stereocenters. The Labute approximate surface area is 60.5 Å². The summed E-state index contributed by atoms with van der Waals surface area (Å²) in [6.45, 7) is 0.611. The minimum Gasteiger partial charge on any atom is -0.469 e. The second kappa shape index (κ2) is 3.01. The van der Waals surface area contributed by atoms with E-state index in [4.69, 9.17) is 5.73 Å². The Morgan fingerprint density at radius 1 is 1.70 bits per heavy atom. The summed E-state index contributed by atoms with van der Waals surface area (Å²) < 4.78 is 4.59. The molecule has 2 atom stereocenters. The molecule has 0 aromatic heterocycles. The van der Waals surface area contributed by atoms with Crippen molar-refractivity contribution in [3.63, 3.8) is 0 Å². The van der Waals surface area contributed by atoms with E-state index in [-0.39, 0.29) is 11.9 Å². The van der Waals surface area contributed by atoms with E-state index in [1.807, 2.05) is 0 Å². The highest BCUT2D eigenvalue weighted by atomic mass is 16.5. The Morgan fingerprint density at radius 2 is 2.40 bits per heavy atom. The molecule has 1 saturated carbocycles. The van der Waals surface area contributed by atoms with Gasteiger partial charge in [-0.2, -0.15) is 0 Å². The molecule has 0 bridgehead atoms. The van der Waals surface area contributed by atoms with Crippen molar-refractivity contribution < 1.29 is 9.53 Å². The van der Waals surface area contributed by atoms with E-state index >= 15 is 0 Å². The van der Waals surface area contributed by atoms with E-state index in [9.17, 15) is 4.79 Å². The molecule has 0 spiro atoms. The number of carbonyl (C=O) groups excluding carboxylic acids is 1. The van der Waals surface area contributed by atoms with Crippen LogP contribution in [0.4, 0.5) is 0 Å². The molecule has 58 valence electrons. The fourth-order valence-electron chi connectivity index (χ4n) is 1.31. The van der Waals surface area contributed by atoms with Gasteiger partial charge in [-0.1, -0.05) is 0 Å². The minimum absolute atomic E-state index is 0.0926. The van der Waals surface area contributed by atoms with Gasteiger partial charge in [0.1, 0.15) is 0 Å². The highest BCUT2D eigenvalue weighted by Crippen LogP contribution is 2.33. The largest absolute Gasteiger partial charge is 0.469 e. The van der Waals surface area contributed by atoms with Gasteiger partial charge in [0, 0.05) is 0 Å². The molecule has 0 aromatic rings. The molecule has 0 aliphatic heterocycles. The minimum atomic E-state index is -0.0956. The molecule has 1 rings (SSSR count). The Balaban J connectivity index is 2.35. The van der Waals surface area contributed by atoms with E-state index in [1.165, 1.54) is 7.11 Å². The van der Waals surface area contributed by atoms with Crippen molar-refractivity contribution >= 4 is 5.97 Å². The number of hydrogen-bond acceptors (Lipinski definition) is 3. The first kappa shape index (κ1) is 7.54. The monoisotopic (exact) mass is 143 g/mol. The number of rotatable bonds is 2. The lowest BCUT2D eigenvalue weighted by Gasteiger charge is -2.32. The molecular weight excluding hydrogens is 130 g/mol. The summed E-state index contributed by atoms with van der Waals surface area (Å²) in [5.74, 6) is 0.379. The second-order valence-electron chi connectivity index (χ2n) is 2.70. The van der Waals surface area contributed by atoms with Gasteiger partial charge in [0.15, 0.2) is 0 Å². The van der Waals surface area contributed by atoms with E-state index in [0.29, 0.717) is 12.5 Å². The van der Waals surface area contributed by atoms with Crippen LogP contribution in [0, 0.1) is 11.8 Å². The fraction of sp³-hybridized carbons (Fsp3) is 0.857. The van der Waals surface area contributed by atoms with Crippen LogP contribution < -0.4 is 5.73 Å². The average Bonchev–Trinajstić information content (AvgIpc) is 1.86. The van der Waals surface area contributed by atoms with E-state index in [2.05, 4.69) is 4.74 Å². The lowest BCUT2D eigenvalue weighted by atomic mass is 9.74. The molecule has 1 fully saturated rings. The number of ether oxygens (including phenoxy) is 1. The first-order valence-corrected chi connectivity index (χ1v) is 3.57. The average molecular weight is 143 g/mol. The number of methoxy groups -OCH3 is 1. The standard InChI is InChI=1S/C7H13NO2/c1-10-7(9)6-3-2-5(6)4-8/h5-6H,2-4,8H2,1H3/t5-,6-/m0/s1. The smallest absolute Gasteiger partial charge is 0.308 e. The van der Waals surface area contributed by atoms with Crippen LogP contribution in [-0.2, 0) is 9.53 Å². The summed E-state index contributed by atoms with van der Waals surface area (Å²) in [6, 6.07) is 0. The third-order valence-corrected chi connectivity index (χ3v) is 2.22. The van der Waals surface area contributed by atoms with Gasteiger partial charge in [0.25, 0.3) is 0 Å². The fourth-order valence-corrected chi connectivity index (χ4v) is 1.31. The van der Waals surface area contributed by atoms with Crippen molar-refractivity contribution in [3.05, 3.63) is 0 Å². The summed E-state index contributed by atoms with van der Waals surface area (Å²) >= 11 is 0. The topological polar surface area (TPSA) is 52.3 Å². The van der Waals surface area contributed by atoms with Crippen LogP contribution >= 0.6 is 0 Å². The maximum absolute atomic E-state index is 10.9. The van der Waals surface area contributed by atoms with Crippen molar-refractivity contribution in [2.24, 2.45) is 17.6 Å². The number of carbonyl (C=O) groups is 1. The van der Waals surface area contributed by atoms with Gasteiger partial charge in [0.2, 0.25) is 0 Å². The van der Waals surface area contributed by atoms with Crippen LogP contribution in [0.5, 0.6) is 0 Å². The SMILES string of the molecule is COC(=O)[C@H]1CC[C@H]1CN. The van der Waals surface area contributed by atoms with Crippen LogP contribution in [0.1, 0.15) is 12.8 Å². The Morgan fingerprint density at radius 3 is 2.70 bits per heavy atom. The Hall–Kier alpha value is -0.570. The lowest BCUT2D eigenvalue weighted by Crippen LogP contribution is -2.38. The van der Waals surface area contributed by atoms with Crippen molar-refractivity contribution in [2.45, 2.75) is 12.8 Å². The summed E-state index contributed by atoms with van der Waals surface area (Å²) in [5.41, 5.74) is 5.41. The van der Waals surface area contributed by atoms with Crippen LogP contribution in [0.2, 0.25) is 0 Å². The second-order valence-corrected chi connectivity index (χ2v) is 2.70. The Bertz CT molecular complexity index is 134. The quantitative estimate of drug-likeness (QED) is 0.559. The van der Waals surface area contributed by atoms with Crippen LogP contribution in [-0.4, -0.2) is 19.6 Å².